The standard InChI is InChI=1S/C17H14N2O2S2/c1-9-13(4-3-7-18-9)21-17-14-12(15(22-17)10(2)20)6-5-11-8-19-23-16(11)14/h3-4,7-8H,5-6H2,1-2H3. The summed E-state index contributed by atoms with van der Waals surface area (Å²) in [5.74, 6) is 0.820. The Morgan fingerprint density at radius 1 is 1.35 bits per heavy atom. The van der Waals surface area contributed by atoms with E-state index < -0.39 is 0 Å². The molecule has 1 aliphatic rings. The molecule has 0 N–H and O–H groups in total. The molecule has 0 aromatic carbocycles. The van der Waals surface area contributed by atoms with Crippen LogP contribution in [0.2, 0.25) is 0 Å². The maximum atomic E-state index is 12.0. The van der Waals surface area contributed by atoms with Crippen molar-refractivity contribution in [3.05, 3.63) is 46.2 Å². The van der Waals surface area contributed by atoms with Gasteiger partial charge in [-0.25, -0.2) is 4.37 Å². The average molecular weight is 342 g/mol. The summed E-state index contributed by atoms with van der Waals surface area (Å²) in [7, 11) is 0. The third kappa shape index (κ3) is 2.38. The summed E-state index contributed by atoms with van der Waals surface area (Å²) < 4.78 is 10.5. The maximum Gasteiger partial charge on any atom is 0.190 e. The molecule has 0 amide bonds. The molecule has 0 unspecified atom stereocenters. The van der Waals surface area contributed by atoms with E-state index in [2.05, 4.69) is 9.36 Å². The van der Waals surface area contributed by atoms with Crippen LogP contribution in [-0.2, 0) is 12.8 Å². The van der Waals surface area contributed by atoms with Gasteiger partial charge in [0.05, 0.1) is 21.0 Å². The lowest BCUT2D eigenvalue weighted by molar-refractivity contribution is 0.102. The molecule has 6 heteroatoms. The highest BCUT2D eigenvalue weighted by molar-refractivity contribution is 7.17. The predicted molar refractivity (Wildman–Crippen MR) is 91.9 cm³/mol. The van der Waals surface area contributed by atoms with Crippen LogP contribution in [0.3, 0.4) is 0 Å². The van der Waals surface area contributed by atoms with E-state index in [-0.39, 0.29) is 5.78 Å². The number of fused-ring (bicyclic) bond motifs is 3. The van der Waals surface area contributed by atoms with Gasteiger partial charge < -0.3 is 4.74 Å². The lowest BCUT2D eigenvalue weighted by Gasteiger charge is -2.14. The Kier molecular flexibility index (Phi) is 3.50. The van der Waals surface area contributed by atoms with Crippen molar-refractivity contribution in [3.8, 4) is 21.3 Å². The highest BCUT2D eigenvalue weighted by Gasteiger charge is 2.29. The van der Waals surface area contributed by atoms with Crippen LogP contribution in [0, 0.1) is 6.92 Å². The van der Waals surface area contributed by atoms with Crippen molar-refractivity contribution in [2.45, 2.75) is 26.7 Å². The fraction of sp³-hybridized carbons (Fsp3) is 0.235. The van der Waals surface area contributed by atoms with Crippen LogP contribution in [-0.4, -0.2) is 15.1 Å². The molecular weight excluding hydrogens is 328 g/mol. The van der Waals surface area contributed by atoms with Gasteiger partial charge in [-0.1, -0.05) is 11.3 Å². The number of aryl methyl sites for hydroxylation is 2. The van der Waals surface area contributed by atoms with E-state index in [9.17, 15) is 4.79 Å². The molecule has 0 aliphatic heterocycles. The molecule has 0 spiro atoms. The topological polar surface area (TPSA) is 52.1 Å². The summed E-state index contributed by atoms with van der Waals surface area (Å²) in [5.41, 5.74) is 4.23. The monoisotopic (exact) mass is 342 g/mol. The highest BCUT2D eigenvalue weighted by Crippen LogP contribution is 2.50. The van der Waals surface area contributed by atoms with Gasteiger partial charge in [0.15, 0.2) is 10.8 Å². The van der Waals surface area contributed by atoms with Gasteiger partial charge in [0.25, 0.3) is 0 Å². The normalized spacial score (nSPS) is 12.6. The Hall–Kier alpha value is -2.05. The number of aromatic nitrogens is 2. The van der Waals surface area contributed by atoms with Gasteiger partial charge in [-0.2, -0.15) is 0 Å². The van der Waals surface area contributed by atoms with E-state index in [4.69, 9.17) is 4.74 Å². The SMILES string of the molecule is CC(=O)c1sc(Oc2cccnc2C)c2c1CCc1cnsc1-2. The van der Waals surface area contributed by atoms with Crippen molar-refractivity contribution in [2.24, 2.45) is 0 Å². The van der Waals surface area contributed by atoms with E-state index in [0.29, 0.717) is 0 Å². The number of hydrogen-bond donors (Lipinski definition) is 0. The molecular formula is C17H14N2O2S2. The number of carbonyl (C=O) groups is 1. The van der Waals surface area contributed by atoms with Gasteiger partial charge in [0, 0.05) is 12.4 Å². The van der Waals surface area contributed by atoms with Gasteiger partial charge in [-0.3, -0.25) is 9.78 Å². The summed E-state index contributed by atoms with van der Waals surface area (Å²) in [6.07, 6.45) is 5.46. The number of carbonyl (C=O) groups excluding carboxylic acids is 1. The first-order valence-corrected chi connectivity index (χ1v) is 8.94. The zero-order valence-corrected chi connectivity index (χ0v) is 14.4. The highest BCUT2D eigenvalue weighted by atomic mass is 32.1. The van der Waals surface area contributed by atoms with E-state index in [1.165, 1.54) is 28.4 Å². The van der Waals surface area contributed by atoms with Crippen LogP contribution < -0.4 is 4.74 Å². The second kappa shape index (κ2) is 5.54. The van der Waals surface area contributed by atoms with Crippen molar-refractivity contribution < 1.29 is 9.53 Å². The first-order valence-electron chi connectivity index (χ1n) is 7.35. The summed E-state index contributed by atoms with van der Waals surface area (Å²) in [4.78, 5) is 18.2. The third-order valence-electron chi connectivity index (χ3n) is 3.97. The minimum Gasteiger partial charge on any atom is -0.444 e. The van der Waals surface area contributed by atoms with Crippen LogP contribution >= 0.6 is 22.9 Å². The van der Waals surface area contributed by atoms with E-state index in [1.807, 2.05) is 25.3 Å². The fourth-order valence-electron chi connectivity index (χ4n) is 2.85. The van der Waals surface area contributed by atoms with Gasteiger partial charge in [0.1, 0.15) is 5.75 Å². The number of ether oxygens (including phenoxy) is 1. The van der Waals surface area contributed by atoms with Gasteiger partial charge >= 0.3 is 0 Å². The molecule has 3 heterocycles. The van der Waals surface area contributed by atoms with Gasteiger partial charge in [-0.05, 0) is 61.5 Å². The van der Waals surface area contributed by atoms with Crippen molar-refractivity contribution in [2.75, 3.05) is 0 Å². The average Bonchev–Trinajstić information content (AvgIpc) is 3.13. The van der Waals surface area contributed by atoms with E-state index >= 15 is 0 Å². The summed E-state index contributed by atoms with van der Waals surface area (Å²) in [6.45, 7) is 3.53. The largest absolute Gasteiger partial charge is 0.444 e. The number of thiophene rings is 1. The van der Waals surface area contributed by atoms with Crippen molar-refractivity contribution in [1.82, 2.24) is 9.36 Å². The summed E-state index contributed by atoms with van der Waals surface area (Å²) >= 11 is 2.91. The van der Waals surface area contributed by atoms with Crippen LogP contribution in [0.15, 0.2) is 24.5 Å². The number of rotatable bonds is 3. The minimum atomic E-state index is 0.0944. The summed E-state index contributed by atoms with van der Waals surface area (Å²) in [6, 6.07) is 3.75. The zero-order chi connectivity index (χ0) is 16.0. The smallest absolute Gasteiger partial charge is 0.190 e. The second-order valence-electron chi connectivity index (χ2n) is 5.50. The Bertz CT molecular complexity index is 911. The Balaban J connectivity index is 1.88. The van der Waals surface area contributed by atoms with Crippen LogP contribution in [0.5, 0.6) is 10.8 Å². The lowest BCUT2D eigenvalue weighted by atomic mass is 9.93. The van der Waals surface area contributed by atoms with E-state index in [0.717, 1.165) is 50.2 Å². The van der Waals surface area contributed by atoms with Crippen LogP contribution in [0.4, 0.5) is 0 Å². The molecule has 3 aromatic heterocycles. The quantitative estimate of drug-likeness (QED) is 0.649. The lowest BCUT2D eigenvalue weighted by Crippen LogP contribution is -2.03. The van der Waals surface area contributed by atoms with Crippen molar-refractivity contribution >= 4 is 28.7 Å². The number of nitrogens with zero attached hydrogens (tertiary/aromatic N) is 2. The predicted octanol–water partition coefficient (Wildman–Crippen LogP) is 4.67. The number of Topliss-reactive ketones (excluding diaryl/α,β-unsaturated/α-hetero) is 1. The molecule has 4 rings (SSSR count). The number of pyridine rings is 1. The first-order chi connectivity index (χ1) is 11.1. The van der Waals surface area contributed by atoms with Crippen molar-refractivity contribution in [1.29, 1.82) is 0 Å². The summed E-state index contributed by atoms with van der Waals surface area (Å²) in [5, 5.41) is 0.770. The van der Waals surface area contributed by atoms with Crippen LogP contribution in [0.25, 0.3) is 10.4 Å². The molecule has 0 saturated heterocycles. The Labute approximate surface area is 142 Å². The molecule has 1 aliphatic carbocycles. The Morgan fingerprint density at radius 2 is 2.22 bits per heavy atom. The Morgan fingerprint density at radius 3 is 3.00 bits per heavy atom. The number of hydrogen-bond acceptors (Lipinski definition) is 6. The molecule has 4 nitrogen and oxygen atoms in total. The fourth-order valence-corrected chi connectivity index (χ4v) is 4.89. The molecule has 0 fully saturated rings. The molecule has 23 heavy (non-hydrogen) atoms. The number of ketones is 1. The second-order valence-corrected chi connectivity index (χ2v) is 7.28. The molecule has 0 atom stereocenters. The zero-order valence-electron chi connectivity index (χ0n) is 12.8. The van der Waals surface area contributed by atoms with Crippen molar-refractivity contribution in [3.63, 3.8) is 0 Å². The molecule has 0 bridgehead atoms. The maximum absolute atomic E-state index is 12.0. The minimum absolute atomic E-state index is 0.0944. The van der Waals surface area contributed by atoms with Gasteiger partial charge in [0.2, 0.25) is 0 Å². The molecule has 0 radical (unpaired) electrons. The van der Waals surface area contributed by atoms with Gasteiger partial charge in [-0.15, -0.1) is 0 Å². The molecule has 116 valence electrons. The van der Waals surface area contributed by atoms with E-state index in [1.54, 1.807) is 13.1 Å². The van der Waals surface area contributed by atoms with Crippen LogP contribution in [0.1, 0.15) is 33.4 Å². The first kappa shape index (κ1) is 14.5. The molecule has 3 aromatic rings. The third-order valence-corrected chi connectivity index (χ3v) is 6.04. The molecule has 0 saturated carbocycles.